The Labute approximate surface area is 173 Å². The van der Waals surface area contributed by atoms with Crippen molar-refractivity contribution in [3.05, 3.63) is 16.1 Å². The van der Waals surface area contributed by atoms with Crippen molar-refractivity contribution in [2.24, 2.45) is 4.99 Å². The fraction of sp³-hybridized carbons (Fsp3) is 0.778. The maximum atomic E-state index is 12.5. The molecule has 1 aliphatic rings. The number of aliphatic imine (C=N–C) groups is 1. The van der Waals surface area contributed by atoms with Crippen LogP contribution in [0.2, 0.25) is 0 Å². The number of hydrogen-bond donors (Lipinski definition) is 1. The Morgan fingerprint density at radius 1 is 1.36 bits per heavy atom. The zero-order valence-electron chi connectivity index (χ0n) is 17.3. The Hall–Kier alpha value is -1.23. The van der Waals surface area contributed by atoms with Gasteiger partial charge in [-0.15, -0.1) is 11.3 Å². The zero-order chi connectivity index (χ0) is 20.6. The number of ether oxygens (including phenoxy) is 1. The lowest BCUT2D eigenvalue weighted by atomic mass is 10.4. The molecule has 2 heterocycles. The highest BCUT2D eigenvalue weighted by Crippen LogP contribution is 2.12. The summed E-state index contributed by atoms with van der Waals surface area (Å²) in [6.45, 7) is 11.8. The first-order valence-electron chi connectivity index (χ1n) is 9.85. The first-order chi connectivity index (χ1) is 13.3. The second-order valence-corrected chi connectivity index (χ2v) is 10.4. The second kappa shape index (κ2) is 11.1. The van der Waals surface area contributed by atoms with Gasteiger partial charge in [-0.3, -0.25) is 4.99 Å². The number of nitrogens with zero attached hydrogens (tertiary/aromatic N) is 4. The molecule has 1 aliphatic heterocycles. The van der Waals surface area contributed by atoms with Crippen molar-refractivity contribution >= 4 is 27.3 Å². The smallest absolute Gasteiger partial charge is 0.216 e. The Morgan fingerprint density at radius 2 is 2.07 bits per heavy atom. The van der Waals surface area contributed by atoms with E-state index in [1.54, 1.807) is 15.6 Å². The van der Waals surface area contributed by atoms with Crippen LogP contribution in [0.15, 0.2) is 11.2 Å². The normalized spacial score (nSPS) is 16.8. The van der Waals surface area contributed by atoms with Gasteiger partial charge in [-0.05, 0) is 27.7 Å². The van der Waals surface area contributed by atoms with Crippen LogP contribution in [0.1, 0.15) is 30.7 Å². The number of aryl methyl sites for hydroxylation is 1. The van der Waals surface area contributed by atoms with Crippen molar-refractivity contribution in [2.45, 2.75) is 40.2 Å². The SMILES string of the molecule is CCNC(=NCCc1ncc(C)s1)N1CCN(S(=O)(=O)CCOC(C)C)CC1. The molecule has 10 heteroatoms. The van der Waals surface area contributed by atoms with Crippen LogP contribution in [0.5, 0.6) is 0 Å². The van der Waals surface area contributed by atoms with E-state index in [1.807, 2.05) is 27.0 Å². The number of nitrogens with one attached hydrogen (secondary N) is 1. The molecule has 0 amide bonds. The monoisotopic (exact) mass is 431 g/mol. The van der Waals surface area contributed by atoms with Crippen molar-refractivity contribution in [1.29, 1.82) is 0 Å². The maximum Gasteiger partial charge on any atom is 0.216 e. The van der Waals surface area contributed by atoms with Crippen molar-refractivity contribution in [1.82, 2.24) is 19.5 Å². The zero-order valence-corrected chi connectivity index (χ0v) is 19.0. The quantitative estimate of drug-likeness (QED) is 0.469. The van der Waals surface area contributed by atoms with Crippen molar-refractivity contribution < 1.29 is 13.2 Å². The number of sulfonamides is 1. The molecule has 2 rings (SSSR count). The summed E-state index contributed by atoms with van der Waals surface area (Å²) in [6.07, 6.45) is 2.75. The number of piperazine rings is 1. The van der Waals surface area contributed by atoms with Gasteiger partial charge in [0, 0.05) is 56.8 Å². The molecular weight excluding hydrogens is 398 g/mol. The molecule has 1 aromatic heterocycles. The highest BCUT2D eigenvalue weighted by molar-refractivity contribution is 7.89. The van der Waals surface area contributed by atoms with Crippen LogP contribution in [-0.4, -0.2) is 86.3 Å². The summed E-state index contributed by atoms with van der Waals surface area (Å²) in [6, 6.07) is 0. The summed E-state index contributed by atoms with van der Waals surface area (Å²) in [5.74, 6) is 0.878. The van der Waals surface area contributed by atoms with Crippen LogP contribution in [-0.2, 0) is 21.2 Å². The number of thiazole rings is 1. The average Bonchev–Trinajstić information content (AvgIpc) is 3.06. The van der Waals surface area contributed by atoms with Gasteiger partial charge in [0.15, 0.2) is 5.96 Å². The first-order valence-corrected chi connectivity index (χ1v) is 12.3. The summed E-state index contributed by atoms with van der Waals surface area (Å²) in [7, 11) is -3.28. The largest absolute Gasteiger partial charge is 0.378 e. The van der Waals surface area contributed by atoms with Crippen LogP contribution >= 0.6 is 11.3 Å². The lowest BCUT2D eigenvalue weighted by Gasteiger charge is -2.35. The topological polar surface area (TPSA) is 87.1 Å². The van der Waals surface area contributed by atoms with E-state index in [4.69, 9.17) is 9.73 Å². The van der Waals surface area contributed by atoms with Gasteiger partial charge in [-0.2, -0.15) is 4.31 Å². The van der Waals surface area contributed by atoms with Crippen molar-refractivity contribution in [3.8, 4) is 0 Å². The van der Waals surface area contributed by atoms with E-state index in [-0.39, 0.29) is 18.5 Å². The molecule has 1 aromatic rings. The maximum absolute atomic E-state index is 12.5. The van der Waals surface area contributed by atoms with Gasteiger partial charge in [-0.1, -0.05) is 0 Å². The van der Waals surface area contributed by atoms with E-state index in [2.05, 4.69) is 22.1 Å². The van der Waals surface area contributed by atoms with Gasteiger partial charge in [0.1, 0.15) is 0 Å². The number of guanidine groups is 1. The van der Waals surface area contributed by atoms with Crippen molar-refractivity contribution in [2.75, 3.05) is 51.6 Å². The van der Waals surface area contributed by atoms with Gasteiger partial charge in [0.05, 0.1) is 23.5 Å². The van der Waals surface area contributed by atoms with Crippen LogP contribution < -0.4 is 5.32 Å². The van der Waals surface area contributed by atoms with Crippen LogP contribution in [0, 0.1) is 6.92 Å². The van der Waals surface area contributed by atoms with Crippen LogP contribution in [0.4, 0.5) is 0 Å². The third-order valence-electron chi connectivity index (χ3n) is 4.32. The van der Waals surface area contributed by atoms with E-state index in [1.165, 1.54) is 4.88 Å². The van der Waals surface area contributed by atoms with Gasteiger partial charge in [0.2, 0.25) is 10.0 Å². The van der Waals surface area contributed by atoms with Crippen LogP contribution in [0.3, 0.4) is 0 Å². The second-order valence-electron chi connectivity index (χ2n) is 6.97. The highest BCUT2D eigenvalue weighted by atomic mass is 32.2. The highest BCUT2D eigenvalue weighted by Gasteiger charge is 2.28. The number of rotatable bonds is 9. The van der Waals surface area contributed by atoms with E-state index in [9.17, 15) is 8.42 Å². The molecule has 160 valence electrons. The molecule has 0 unspecified atom stereocenters. The minimum Gasteiger partial charge on any atom is -0.378 e. The predicted molar refractivity (Wildman–Crippen MR) is 115 cm³/mol. The van der Waals surface area contributed by atoms with E-state index in [0.29, 0.717) is 32.7 Å². The minimum absolute atomic E-state index is 0.0343. The molecule has 1 saturated heterocycles. The predicted octanol–water partition coefficient (Wildman–Crippen LogP) is 1.33. The molecule has 1 N–H and O–H groups in total. The number of aromatic nitrogens is 1. The molecule has 0 aromatic carbocycles. The molecule has 8 nitrogen and oxygen atoms in total. The lowest BCUT2D eigenvalue weighted by Crippen LogP contribution is -2.54. The fourth-order valence-electron chi connectivity index (χ4n) is 2.90. The van der Waals surface area contributed by atoms with Gasteiger partial charge < -0.3 is 15.0 Å². The minimum atomic E-state index is -3.28. The molecule has 0 radical (unpaired) electrons. The van der Waals surface area contributed by atoms with E-state index in [0.717, 1.165) is 23.9 Å². The summed E-state index contributed by atoms with van der Waals surface area (Å²) in [5, 5.41) is 4.41. The molecule has 0 spiro atoms. The third kappa shape index (κ3) is 7.31. The van der Waals surface area contributed by atoms with Crippen molar-refractivity contribution in [3.63, 3.8) is 0 Å². The Kier molecular flexibility index (Phi) is 9.13. The van der Waals surface area contributed by atoms with Gasteiger partial charge >= 0.3 is 0 Å². The molecule has 1 fully saturated rings. The molecule has 0 aliphatic carbocycles. The summed E-state index contributed by atoms with van der Waals surface area (Å²) in [5.41, 5.74) is 0. The molecular formula is C18H33N5O3S2. The molecule has 0 bridgehead atoms. The molecule has 0 atom stereocenters. The van der Waals surface area contributed by atoms with Gasteiger partial charge in [-0.25, -0.2) is 13.4 Å². The molecule has 0 saturated carbocycles. The standard InChI is InChI=1S/C18H33N5O3S2/c1-5-19-18(20-7-6-17-21-14-16(4)27-17)22-8-10-23(11-9-22)28(24,25)13-12-26-15(2)3/h14-15H,5-13H2,1-4H3,(H,19,20). The Morgan fingerprint density at radius 3 is 2.64 bits per heavy atom. The van der Waals surface area contributed by atoms with E-state index >= 15 is 0 Å². The van der Waals surface area contributed by atoms with E-state index < -0.39 is 10.0 Å². The Balaban J connectivity index is 1.86. The van der Waals surface area contributed by atoms with Gasteiger partial charge in [0.25, 0.3) is 0 Å². The summed E-state index contributed by atoms with van der Waals surface area (Å²) >= 11 is 1.70. The fourth-order valence-corrected chi connectivity index (χ4v) is 4.96. The van der Waals surface area contributed by atoms with Crippen LogP contribution in [0.25, 0.3) is 0 Å². The first kappa shape index (κ1) is 23.1. The third-order valence-corrected chi connectivity index (χ3v) is 7.12. The lowest BCUT2D eigenvalue weighted by molar-refractivity contribution is 0.0904. The average molecular weight is 432 g/mol. The number of hydrogen-bond acceptors (Lipinski definition) is 6. The summed E-state index contributed by atoms with van der Waals surface area (Å²) < 4.78 is 31.9. The molecule has 28 heavy (non-hydrogen) atoms. The summed E-state index contributed by atoms with van der Waals surface area (Å²) in [4.78, 5) is 12.4. The Bertz CT molecular complexity index is 725.